The topological polar surface area (TPSA) is 46.5 Å². The van der Waals surface area contributed by atoms with Gasteiger partial charge in [0.05, 0.1) is 5.02 Å². The molecule has 3 rings (SSSR count). The van der Waals surface area contributed by atoms with E-state index in [4.69, 9.17) is 21.4 Å². The Morgan fingerprint density at radius 1 is 0.967 bits per heavy atom. The van der Waals surface area contributed by atoms with Crippen molar-refractivity contribution in [2.75, 3.05) is 12.4 Å². The van der Waals surface area contributed by atoms with Gasteiger partial charge in [-0.25, -0.2) is 13.6 Å². The maximum atomic E-state index is 13.3. The molecular formula is C23H17ClF2O3S. The molecule has 0 heterocycles. The minimum absolute atomic E-state index is 0.330. The van der Waals surface area contributed by atoms with E-state index >= 15 is 0 Å². The number of hydrogen-bond donors (Lipinski definition) is 1. The Morgan fingerprint density at radius 3 is 2.03 bits per heavy atom. The van der Waals surface area contributed by atoms with E-state index in [1.54, 1.807) is 42.5 Å². The van der Waals surface area contributed by atoms with Crippen molar-refractivity contribution in [3.8, 4) is 5.75 Å². The molecule has 0 unspecified atom stereocenters. The second-order valence-corrected chi connectivity index (χ2v) is 7.69. The van der Waals surface area contributed by atoms with Crippen molar-refractivity contribution in [1.82, 2.24) is 0 Å². The molecule has 0 saturated carbocycles. The second kappa shape index (κ2) is 10.3. The Hall–Kier alpha value is -2.83. The number of ether oxygens (including phenoxy) is 1. The fourth-order valence-corrected chi connectivity index (χ4v) is 3.83. The first-order valence-corrected chi connectivity index (χ1v) is 10.3. The summed E-state index contributed by atoms with van der Waals surface area (Å²) in [4.78, 5) is 11.4. The quantitative estimate of drug-likeness (QED) is 0.412. The van der Waals surface area contributed by atoms with Gasteiger partial charge in [0.2, 0.25) is 0 Å². The molecule has 0 spiro atoms. The predicted octanol–water partition coefficient (Wildman–Crippen LogP) is 6.31. The fraction of sp³-hybridized carbons (Fsp3) is 0.0870. The zero-order chi connectivity index (χ0) is 21.5. The first kappa shape index (κ1) is 21.9. The summed E-state index contributed by atoms with van der Waals surface area (Å²) in [6.45, 7) is -0.440. The van der Waals surface area contributed by atoms with Crippen LogP contribution in [-0.2, 0) is 4.79 Å². The van der Waals surface area contributed by atoms with Gasteiger partial charge in [-0.2, -0.15) is 0 Å². The third-order valence-corrected chi connectivity index (χ3v) is 5.53. The van der Waals surface area contributed by atoms with Gasteiger partial charge in [0, 0.05) is 10.6 Å². The van der Waals surface area contributed by atoms with E-state index < -0.39 is 12.6 Å². The lowest BCUT2D eigenvalue weighted by Crippen LogP contribution is -2.09. The maximum Gasteiger partial charge on any atom is 0.341 e. The number of carbonyl (C=O) groups is 1. The van der Waals surface area contributed by atoms with Gasteiger partial charge in [-0.3, -0.25) is 0 Å². The second-order valence-electron chi connectivity index (χ2n) is 6.22. The van der Waals surface area contributed by atoms with E-state index in [2.05, 4.69) is 0 Å². The molecule has 0 atom stereocenters. The van der Waals surface area contributed by atoms with Crippen LogP contribution in [0.3, 0.4) is 0 Å². The number of carboxylic acid groups (broad SMARTS) is 1. The summed E-state index contributed by atoms with van der Waals surface area (Å²) in [5.74, 6) is -0.796. The van der Waals surface area contributed by atoms with Gasteiger partial charge in [0.25, 0.3) is 0 Å². The molecule has 3 aromatic rings. The largest absolute Gasteiger partial charge is 0.482 e. The fourth-order valence-electron chi connectivity index (χ4n) is 2.71. The van der Waals surface area contributed by atoms with Crippen LogP contribution in [0.2, 0.25) is 5.02 Å². The first-order valence-electron chi connectivity index (χ1n) is 8.91. The lowest BCUT2D eigenvalue weighted by atomic mass is 9.98. The summed E-state index contributed by atoms with van der Waals surface area (Å²) in [5, 5.41) is 9.12. The predicted molar refractivity (Wildman–Crippen MR) is 115 cm³/mol. The normalized spacial score (nSPS) is 10.5. The van der Waals surface area contributed by atoms with Crippen molar-refractivity contribution in [3.63, 3.8) is 0 Å². The molecule has 0 aliphatic rings. The van der Waals surface area contributed by atoms with Crippen molar-refractivity contribution < 1.29 is 23.4 Å². The van der Waals surface area contributed by atoms with E-state index in [-0.39, 0.29) is 11.6 Å². The number of hydrogen-bond acceptors (Lipinski definition) is 3. The van der Waals surface area contributed by atoms with Gasteiger partial charge in [-0.15, -0.1) is 11.8 Å². The average molecular weight is 447 g/mol. The van der Waals surface area contributed by atoms with Crippen LogP contribution in [0.25, 0.3) is 5.57 Å². The number of benzene rings is 3. The molecule has 0 saturated heterocycles. The molecule has 0 radical (unpaired) electrons. The zero-order valence-electron chi connectivity index (χ0n) is 15.6. The van der Waals surface area contributed by atoms with Crippen molar-refractivity contribution >= 4 is 34.9 Å². The lowest BCUT2D eigenvalue weighted by Gasteiger charge is -2.10. The number of halogens is 3. The Morgan fingerprint density at radius 2 is 1.53 bits per heavy atom. The Bertz CT molecular complexity index is 1000. The third-order valence-electron chi connectivity index (χ3n) is 4.10. The van der Waals surface area contributed by atoms with Crippen LogP contribution < -0.4 is 4.74 Å². The molecule has 3 aromatic carbocycles. The van der Waals surface area contributed by atoms with Crippen LogP contribution in [0.5, 0.6) is 5.75 Å². The van der Waals surface area contributed by atoms with Gasteiger partial charge in [-0.05, 0) is 59.2 Å². The third kappa shape index (κ3) is 6.08. The number of aliphatic carboxylic acids is 1. The highest BCUT2D eigenvalue weighted by atomic mass is 35.5. The molecule has 1 N–H and O–H groups in total. The SMILES string of the molecule is O=C(O)COc1ccc(SCC=C(c2ccc(F)cc2)c2ccc(F)cc2)c(Cl)c1. The van der Waals surface area contributed by atoms with Crippen LogP contribution in [0.15, 0.2) is 77.7 Å². The van der Waals surface area contributed by atoms with Gasteiger partial charge < -0.3 is 9.84 Å². The molecule has 154 valence electrons. The molecule has 0 bridgehead atoms. The van der Waals surface area contributed by atoms with E-state index in [0.717, 1.165) is 21.6 Å². The van der Waals surface area contributed by atoms with E-state index in [0.29, 0.717) is 16.5 Å². The van der Waals surface area contributed by atoms with Crippen molar-refractivity contribution in [2.24, 2.45) is 0 Å². The zero-order valence-corrected chi connectivity index (χ0v) is 17.2. The van der Waals surface area contributed by atoms with Crippen LogP contribution in [-0.4, -0.2) is 23.4 Å². The van der Waals surface area contributed by atoms with Crippen molar-refractivity contribution in [2.45, 2.75) is 4.90 Å². The van der Waals surface area contributed by atoms with Crippen LogP contribution >= 0.6 is 23.4 Å². The molecule has 0 aromatic heterocycles. The summed E-state index contributed by atoms with van der Waals surface area (Å²) < 4.78 is 31.8. The van der Waals surface area contributed by atoms with Gasteiger partial charge in [0.1, 0.15) is 17.4 Å². The van der Waals surface area contributed by atoms with Gasteiger partial charge in [0.15, 0.2) is 6.61 Å². The Balaban J connectivity index is 1.78. The lowest BCUT2D eigenvalue weighted by molar-refractivity contribution is -0.139. The standard InChI is InChI=1S/C23H17ClF2O3S/c24-21-13-19(29-14-23(27)28)9-10-22(21)30-12-11-20(15-1-5-17(25)6-2-15)16-3-7-18(26)8-4-16/h1-11,13H,12,14H2,(H,27,28). The molecule has 0 aliphatic heterocycles. The van der Waals surface area contributed by atoms with E-state index in [9.17, 15) is 13.6 Å². The molecular weight excluding hydrogens is 430 g/mol. The monoisotopic (exact) mass is 446 g/mol. The minimum Gasteiger partial charge on any atom is -0.482 e. The van der Waals surface area contributed by atoms with Gasteiger partial charge >= 0.3 is 5.97 Å². The minimum atomic E-state index is -1.07. The molecule has 0 fully saturated rings. The smallest absolute Gasteiger partial charge is 0.341 e. The number of carboxylic acids is 1. The summed E-state index contributed by atoms with van der Waals surface area (Å²) in [6.07, 6.45) is 1.97. The summed E-state index contributed by atoms with van der Waals surface area (Å²) in [6, 6.07) is 17.2. The van der Waals surface area contributed by atoms with E-state index in [1.807, 2.05) is 6.08 Å². The maximum absolute atomic E-state index is 13.3. The first-order chi connectivity index (χ1) is 14.4. The average Bonchev–Trinajstić information content (AvgIpc) is 2.72. The van der Waals surface area contributed by atoms with Crippen LogP contribution in [0.1, 0.15) is 11.1 Å². The molecule has 0 aliphatic carbocycles. The molecule has 30 heavy (non-hydrogen) atoms. The highest BCUT2D eigenvalue weighted by Gasteiger charge is 2.08. The molecule has 0 amide bonds. The number of thioether (sulfide) groups is 1. The Kier molecular flexibility index (Phi) is 7.49. The van der Waals surface area contributed by atoms with Crippen molar-refractivity contribution in [1.29, 1.82) is 0 Å². The summed E-state index contributed by atoms with van der Waals surface area (Å²) in [7, 11) is 0. The van der Waals surface area contributed by atoms with Crippen molar-refractivity contribution in [3.05, 3.63) is 101 Å². The highest BCUT2D eigenvalue weighted by Crippen LogP contribution is 2.32. The van der Waals surface area contributed by atoms with E-state index in [1.165, 1.54) is 36.0 Å². The summed E-state index contributed by atoms with van der Waals surface area (Å²) >= 11 is 7.75. The van der Waals surface area contributed by atoms with Crippen LogP contribution in [0.4, 0.5) is 8.78 Å². The molecule has 3 nitrogen and oxygen atoms in total. The van der Waals surface area contributed by atoms with Gasteiger partial charge in [-0.1, -0.05) is 41.9 Å². The van der Waals surface area contributed by atoms with Crippen LogP contribution in [0, 0.1) is 11.6 Å². The number of rotatable bonds is 8. The summed E-state index contributed by atoms with van der Waals surface area (Å²) in [5.41, 5.74) is 2.47. The Labute approximate surface area is 182 Å². The highest BCUT2D eigenvalue weighted by molar-refractivity contribution is 7.99. The molecule has 7 heteroatoms.